The molecule has 0 aromatic carbocycles. The van der Waals surface area contributed by atoms with E-state index >= 15 is 0 Å². The van der Waals surface area contributed by atoms with Crippen LogP contribution < -0.4 is 0 Å². The first-order valence-corrected chi connectivity index (χ1v) is 5.34. The highest BCUT2D eigenvalue weighted by Crippen LogP contribution is 2.07. The zero-order valence-corrected chi connectivity index (χ0v) is 9.42. The average Bonchev–Trinajstić information content (AvgIpc) is 2.96. The van der Waals surface area contributed by atoms with Gasteiger partial charge in [0.25, 0.3) is 5.78 Å². The molecule has 0 aliphatic carbocycles. The van der Waals surface area contributed by atoms with E-state index in [1.165, 1.54) is 0 Å². The Morgan fingerprint density at radius 2 is 1.50 bits per heavy atom. The van der Waals surface area contributed by atoms with Gasteiger partial charge in [-0.2, -0.15) is 0 Å². The van der Waals surface area contributed by atoms with Crippen LogP contribution in [0.2, 0.25) is 0 Å². The first-order chi connectivity index (χ1) is 7.77. The maximum atomic E-state index is 12.2. The molecule has 0 atom stereocenters. The summed E-state index contributed by atoms with van der Waals surface area (Å²) in [6.07, 6.45) is 6.87. The molecule has 0 unspecified atom stereocenters. The molecule has 2 heterocycles. The van der Waals surface area contributed by atoms with Gasteiger partial charge in [0.05, 0.1) is 0 Å². The van der Waals surface area contributed by atoms with Crippen molar-refractivity contribution in [2.24, 2.45) is 0 Å². The van der Waals surface area contributed by atoms with Gasteiger partial charge in [-0.3, -0.25) is 4.79 Å². The maximum absolute atomic E-state index is 12.2. The Balaban J connectivity index is 2.39. The van der Waals surface area contributed by atoms with Crippen molar-refractivity contribution in [1.29, 1.82) is 0 Å². The molecule has 2 aromatic rings. The Morgan fingerprint density at radius 1 is 1.06 bits per heavy atom. The zero-order chi connectivity index (χ0) is 11.5. The molecule has 2 rings (SSSR count). The molecule has 0 amide bonds. The summed E-state index contributed by atoms with van der Waals surface area (Å²) < 4.78 is 3.63. The van der Waals surface area contributed by atoms with Crippen molar-refractivity contribution in [3.63, 3.8) is 0 Å². The van der Waals surface area contributed by atoms with Crippen LogP contribution >= 0.6 is 0 Å². The second-order valence-electron chi connectivity index (χ2n) is 3.40. The number of carbonyl (C=O) groups is 1. The van der Waals surface area contributed by atoms with Gasteiger partial charge in [0, 0.05) is 37.9 Å². The van der Waals surface area contributed by atoms with Crippen LogP contribution in [0.1, 0.15) is 30.3 Å². The van der Waals surface area contributed by atoms with Crippen molar-refractivity contribution in [3.8, 4) is 0 Å². The highest BCUT2D eigenvalue weighted by molar-refractivity contribution is 6.04. The fraction of sp³-hybridized carbons (Fsp3) is 0.364. The molecule has 5 nitrogen and oxygen atoms in total. The van der Waals surface area contributed by atoms with E-state index in [0.29, 0.717) is 11.6 Å². The van der Waals surface area contributed by atoms with Crippen LogP contribution in [0.5, 0.6) is 0 Å². The highest BCUT2D eigenvalue weighted by Gasteiger charge is 2.18. The number of imidazole rings is 2. The van der Waals surface area contributed by atoms with Crippen LogP contribution in [-0.2, 0) is 13.1 Å². The molecule has 84 valence electrons. The first-order valence-electron chi connectivity index (χ1n) is 5.34. The van der Waals surface area contributed by atoms with Crippen LogP contribution in [0.4, 0.5) is 0 Å². The predicted molar refractivity (Wildman–Crippen MR) is 59.2 cm³/mol. The third kappa shape index (κ3) is 1.64. The van der Waals surface area contributed by atoms with Gasteiger partial charge in [0.1, 0.15) is 0 Å². The lowest BCUT2D eigenvalue weighted by molar-refractivity contribution is 0.101. The molecule has 0 saturated carbocycles. The molecule has 16 heavy (non-hydrogen) atoms. The lowest BCUT2D eigenvalue weighted by atomic mass is 10.3. The van der Waals surface area contributed by atoms with Gasteiger partial charge in [0.15, 0.2) is 11.6 Å². The maximum Gasteiger partial charge on any atom is 0.263 e. The van der Waals surface area contributed by atoms with Crippen LogP contribution in [0.25, 0.3) is 0 Å². The second kappa shape index (κ2) is 4.30. The van der Waals surface area contributed by atoms with Crippen molar-refractivity contribution < 1.29 is 4.79 Å². The Morgan fingerprint density at radius 3 is 1.88 bits per heavy atom. The topological polar surface area (TPSA) is 52.7 Å². The van der Waals surface area contributed by atoms with E-state index in [4.69, 9.17) is 0 Å². The number of carbonyl (C=O) groups excluding carboxylic acids is 1. The fourth-order valence-electron chi connectivity index (χ4n) is 1.65. The van der Waals surface area contributed by atoms with Gasteiger partial charge < -0.3 is 9.13 Å². The number of nitrogens with zero attached hydrogens (tertiary/aromatic N) is 4. The van der Waals surface area contributed by atoms with E-state index in [9.17, 15) is 4.79 Å². The fourth-order valence-corrected chi connectivity index (χ4v) is 1.65. The van der Waals surface area contributed by atoms with Crippen LogP contribution in [0, 0.1) is 0 Å². The van der Waals surface area contributed by atoms with Gasteiger partial charge in [-0.05, 0) is 13.8 Å². The minimum absolute atomic E-state index is 0.126. The summed E-state index contributed by atoms with van der Waals surface area (Å²) in [5.74, 6) is 0.769. The zero-order valence-electron chi connectivity index (χ0n) is 9.42. The Kier molecular flexibility index (Phi) is 2.85. The number of hydrogen-bond acceptors (Lipinski definition) is 3. The van der Waals surface area contributed by atoms with E-state index in [1.54, 1.807) is 24.8 Å². The van der Waals surface area contributed by atoms with Crippen molar-refractivity contribution in [2.75, 3.05) is 0 Å². The van der Waals surface area contributed by atoms with Crippen LogP contribution in [0.15, 0.2) is 24.8 Å². The van der Waals surface area contributed by atoms with E-state index < -0.39 is 0 Å². The lowest BCUT2D eigenvalue weighted by Gasteiger charge is -2.05. The number of ketones is 1. The van der Waals surface area contributed by atoms with Gasteiger partial charge in [-0.15, -0.1) is 0 Å². The molecule has 0 saturated heterocycles. The minimum Gasteiger partial charge on any atom is -0.328 e. The quantitative estimate of drug-likeness (QED) is 0.728. The molecule has 0 bridgehead atoms. The average molecular weight is 218 g/mol. The number of rotatable bonds is 4. The number of aryl methyl sites for hydroxylation is 2. The van der Waals surface area contributed by atoms with E-state index in [0.717, 1.165) is 13.1 Å². The normalized spacial score (nSPS) is 10.6. The molecule has 0 aliphatic heterocycles. The van der Waals surface area contributed by atoms with Crippen molar-refractivity contribution in [2.45, 2.75) is 26.9 Å². The molecule has 0 fully saturated rings. The SMILES string of the molecule is CCn1ccnc1C(=O)c1nccn1CC. The Bertz CT molecular complexity index is 453. The molecular weight excluding hydrogens is 204 g/mol. The highest BCUT2D eigenvalue weighted by atomic mass is 16.1. The van der Waals surface area contributed by atoms with E-state index in [1.807, 2.05) is 23.0 Å². The van der Waals surface area contributed by atoms with Crippen molar-refractivity contribution in [3.05, 3.63) is 36.4 Å². The summed E-state index contributed by atoms with van der Waals surface area (Å²) in [6.45, 7) is 5.41. The summed E-state index contributed by atoms with van der Waals surface area (Å²) in [6, 6.07) is 0. The number of aromatic nitrogens is 4. The summed E-state index contributed by atoms with van der Waals surface area (Å²) >= 11 is 0. The first kappa shape index (κ1) is 10.6. The largest absolute Gasteiger partial charge is 0.328 e. The summed E-state index contributed by atoms with van der Waals surface area (Å²) in [5, 5.41) is 0. The summed E-state index contributed by atoms with van der Waals surface area (Å²) in [7, 11) is 0. The van der Waals surface area contributed by atoms with Gasteiger partial charge >= 0.3 is 0 Å². The summed E-state index contributed by atoms with van der Waals surface area (Å²) in [4.78, 5) is 20.3. The second-order valence-corrected chi connectivity index (χ2v) is 3.40. The smallest absolute Gasteiger partial charge is 0.263 e. The standard InChI is InChI=1S/C11H14N4O/c1-3-14-7-5-12-10(14)9(16)11-13-6-8-15(11)4-2/h5-8H,3-4H2,1-2H3. The molecule has 0 aliphatic rings. The predicted octanol–water partition coefficient (Wildman–Crippen LogP) is 1.35. The third-order valence-corrected chi connectivity index (χ3v) is 2.52. The van der Waals surface area contributed by atoms with Crippen molar-refractivity contribution in [1.82, 2.24) is 19.1 Å². The van der Waals surface area contributed by atoms with Gasteiger partial charge in [0.2, 0.25) is 0 Å². The molecule has 0 radical (unpaired) electrons. The molecule has 0 spiro atoms. The molecule has 2 aromatic heterocycles. The summed E-state index contributed by atoms with van der Waals surface area (Å²) in [5.41, 5.74) is 0. The monoisotopic (exact) mass is 218 g/mol. The van der Waals surface area contributed by atoms with E-state index in [-0.39, 0.29) is 5.78 Å². The number of hydrogen-bond donors (Lipinski definition) is 0. The van der Waals surface area contributed by atoms with Gasteiger partial charge in [-0.25, -0.2) is 9.97 Å². The Hall–Kier alpha value is -1.91. The van der Waals surface area contributed by atoms with Crippen LogP contribution in [-0.4, -0.2) is 24.9 Å². The lowest BCUT2D eigenvalue weighted by Crippen LogP contribution is -2.15. The van der Waals surface area contributed by atoms with Crippen molar-refractivity contribution >= 4 is 5.78 Å². The molecular formula is C11H14N4O. The third-order valence-electron chi connectivity index (χ3n) is 2.52. The van der Waals surface area contributed by atoms with E-state index in [2.05, 4.69) is 9.97 Å². The molecule has 5 heteroatoms. The Labute approximate surface area is 93.8 Å². The van der Waals surface area contributed by atoms with Gasteiger partial charge in [-0.1, -0.05) is 0 Å². The minimum atomic E-state index is -0.126. The van der Waals surface area contributed by atoms with Crippen LogP contribution in [0.3, 0.4) is 0 Å². The molecule has 0 N–H and O–H groups in total.